The van der Waals surface area contributed by atoms with Gasteiger partial charge in [0.2, 0.25) is 0 Å². The highest BCUT2D eigenvalue weighted by Gasteiger charge is 2.25. The molecule has 0 bridgehead atoms. The number of nitrogens with zero attached hydrogens (tertiary/aromatic N) is 1. The molecular weight excluding hydrogens is 238 g/mol. The minimum Gasteiger partial charge on any atom is -0.409 e. The van der Waals surface area contributed by atoms with E-state index in [9.17, 15) is 0 Å². The molecule has 0 spiro atoms. The van der Waals surface area contributed by atoms with E-state index in [2.05, 4.69) is 34.7 Å². The summed E-state index contributed by atoms with van der Waals surface area (Å²) in [6.45, 7) is 4.85. The van der Waals surface area contributed by atoms with Crippen LogP contribution in [0.4, 0.5) is 0 Å². The summed E-state index contributed by atoms with van der Waals surface area (Å²) < 4.78 is 0. The van der Waals surface area contributed by atoms with Crippen LogP contribution in [0.25, 0.3) is 0 Å². The molecule has 1 aliphatic rings. The summed E-state index contributed by atoms with van der Waals surface area (Å²) in [6.07, 6.45) is 3.16. The zero-order valence-corrected chi connectivity index (χ0v) is 11.7. The van der Waals surface area contributed by atoms with Crippen molar-refractivity contribution in [3.63, 3.8) is 0 Å². The van der Waals surface area contributed by atoms with Crippen LogP contribution < -0.4 is 11.1 Å². The molecule has 0 saturated heterocycles. The fraction of sp³-hybridized carbons (Fsp3) is 0.533. The van der Waals surface area contributed by atoms with E-state index in [0.717, 1.165) is 25.8 Å². The highest BCUT2D eigenvalue weighted by Crippen LogP contribution is 2.31. The number of nitrogens with two attached hydrogens (primary N) is 1. The number of amidine groups is 1. The molecule has 4 nitrogen and oxygen atoms in total. The maximum absolute atomic E-state index is 8.75. The number of benzene rings is 1. The van der Waals surface area contributed by atoms with Crippen molar-refractivity contribution in [1.29, 1.82) is 0 Å². The lowest BCUT2D eigenvalue weighted by Gasteiger charge is -2.24. The van der Waals surface area contributed by atoms with Crippen molar-refractivity contribution in [2.75, 3.05) is 6.54 Å². The molecule has 0 heterocycles. The van der Waals surface area contributed by atoms with Gasteiger partial charge in [-0.2, -0.15) is 0 Å². The first-order valence-electron chi connectivity index (χ1n) is 6.84. The maximum Gasteiger partial charge on any atom is 0.144 e. The molecule has 1 atom stereocenters. The summed E-state index contributed by atoms with van der Waals surface area (Å²) >= 11 is 0. The predicted octanol–water partition coefficient (Wildman–Crippen LogP) is 2.43. The van der Waals surface area contributed by atoms with Crippen LogP contribution >= 0.6 is 0 Å². The van der Waals surface area contributed by atoms with Gasteiger partial charge in [-0.25, -0.2) is 0 Å². The molecule has 0 aromatic heterocycles. The van der Waals surface area contributed by atoms with Crippen LogP contribution in [0.1, 0.15) is 43.9 Å². The fourth-order valence-electron chi connectivity index (χ4n) is 2.59. The highest BCUT2D eigenvalue weighted by molar-refractivity contribution is 5.85. The SMILES string of the molecule is CC(C)(CCNC1CCc2ccccc21)C(N)=NO. The van der Waals surface area contributed by atoms with Crippen molar-refractivity contribution in [2.24, 2.45) is 16.3 Å². The molecule has 0 aliphatic heterocycles. The third-order valence-corrected chi connectivity index (χ3v) is 4.07. The van der Waals surface area contributed by atoms with Gasteiger partial charge in [0, 0.05) is 11.5 Å². The number of nitrogens with one attached hydrogen (secondary N) is 1. The van der Waals surface area contributed by atoms with E-state index < -0.39 is 0 Å². The minimum atomic E-state index is -0.278. The topological polar surface area (TPSA) is 70.6 Å². The van der Waals surface area contributed by atoms with E-state index in [0.29, 0.717) is 11.9 Å². The van der Waals surface area contributed by atoms with E-state index in [1.165, 1.54) is 11.1 Å². The lowest BCUT2D eigenvalue weighted by Crippen LogP contribution is -2.35. The van der Waals surface area contributed by atoms with Crippen LogP contribution in [0.2, 0.25) is 0 Å². The Labute approximate surface area is 114 Å². The van der Waals surface area contributed by atoms with Crippen molar-refractivity contribution in [2.45, 2.75) is 39.2 Å². The van der Waals surface area contributed by atoms with Crippen molar-refractivity contribution in [3.8, 4) is 0 Å². The van der Waals surface area contributed by atoms with E-state index in [-0.39, 0.29) is 5.41 Å². The molecule has 19 heavy (non-hydrogen) atoms. The Hall–Kier alpha value is -1.55. The number of aryl methyl sites for hydroxylation is 1. The third kappa shape index (κ3) is 3.07. The van der Waals surface area contributed by atoms with Gasteiger partial charge >= 0.3 is 0 Å². The number of oxime groups is 1. The summed E-state index contributed by atoms with van der Waals surface area (Å²) in [5, 5.41) is 15.4. The molecule has 0 amide bonds. The summed E-state index contributed by atoms with van der Waals surface area (Å²) in [7, 11) is 0. The van der Waals surface area contributed by atoms with Crippen LogP contribution in [-0.2, 0) is 6.42 Å². The molecule has 0 saturated carbocycles. The Morgan fingerprint density at radius 2 is 2.21 bits per heavy atom. The predicted molar refractivity (Wildman–Crippen MR) is 77.3 cm³/mol. The summed E-state index contributed by atoms with van der Waals surface area (Å²) in [5.41, 5.74) is 8.29. The lowest BCUT2D eigenvalue weighted by atomic mass is 9.88. The molecule has 1 aliphatic carbocycles. The van der Waals surface area contributed by atoms with Crippen molar-refractivity contribution in [1.82, 2.24) is 5.32 Å². The summed E-state index contributed by atoms with van der Waals surface area (Å²) in [5.74, 6) is 0.293. The lowest BCUT2D eigenvalue weighted by molar-refractivity contribution is 0.304. The highest BCUT2D eigenvalue weighted by atomic mass is 16.4. The Morgan fingerprint density at radius 3 is 2.95 bits per heavy atom. The van der Waals surface area contributed by atoms with Crippen LogP contribution in [0.5, 0.6) is 0 Å². The second kappa shape index (κ2) is 5.61. The molecule has 1 unspecified atom stereocenters. The smallest absolute Gasteiger partial charge is 0.144 e. The molecule has 4 heteroatoms. The Balaban J connectivity index is 1.88. The Morgan fingerprint density at radius 1 is 1.47 bits per heavy atom. The number of hydrogen-bond donors (Lipinski definition) is 3. The van der Waals surface area contributed by atoms with Gasteiger partial charge in [0.1, 0.15) is 5.84 Å². The normalized spacial score (nSPS) is 19.5. The van der Waals surface area contributed by atoms with Crippen LogP contribution in [0.3, 0.4) is 0 Å². The minimum absolute atomic E-state index is 0.278. The molecule has 1 aromatic carbocycles. The first-order valence-corrected chi connectivity index (χ1v) is 6.84. The maximum atomic E-state index is 8.75. The van der Waals surface area contributed by atoms with Gasteiger partial charge in [-0.05, 0) is 36.9 Å². The van der Waals surface area contributed by atoms with E-state index in [1.54, 1.807) is 0 Å². The Kier molecular flexibility index (Phi) is 4.10. The molecule has 0 fully saturated rings. The molecule has 2 rings (SSSR count). The monoisotopic (exact) mass is 261 g/mol. The summed E-state index contributed by atoms with van der Waals surface area (Å²) in [6, 6.07) is 9.05. The first-order chi connectivity index (χ1) is 9.04. The van der Waals surface area contributed by atoms with Gasteiger partial charge in [0.15, 0.2) is 0 Å². The molecule has 4 N–H and O–H groups in total. The largest absolute Gasteiger partial charge is 0.409 e. The fourth-order valence-corrected chi connectivity index (χ4v) is 2.59. The average molecular weight is 261 g/mol. The zero-order chi connectivity index (χ0) is 13.9. The molecule has 1 aromatic rings. The van der Waals surface area contributed by atoms with Gasteiger partial charge < -0.3 is 16.3 Å². The van der Waals surface area contributed by atoms with Gasteiger partial charge in [-0.1, -0.05) is 43.3 Å². The standard InChI is InChI=1S/C15H23N3O/c1-15(2,14(16)18-19)9-10-17-13-8-7-11-5-3-4-6-12(11)13/h3-6,13,17,19H,7-10H2,1-2H3,(H2,16,18). The quantitative estimate of drug-likeness (QED) is 0.330. The van der Waals surface area contributed by atoms with Crippen LogP contribution in [0, 0.1) is 5.41 Å². The second-order valence-corrected chi connectivity index (χ2v) is 5.86. The molecule has 104 valence electrons. The first kappa shape index (κ1) is 13.9. The second-order valence-electron chi connectivity index (χ2n) is 5.86. The average Bonchev–Trinajstić information content (AvgIpc) is 2.81. The van der Waals surface area contributed by atoms with E-state index in [4.69, 9.17) is 10.9 Å². The van der Waals surface area contributed by atoms with E-state index in [1.807, 2.05) is 13.8 Å². The van der Waals surface area contributed by atoms with Gasteiger partial charge in [0.05, 0.1) is 0 Å². The number of fused-ring (bicyclic) bond motifs is 1. The van der Waals surface area contributed by atoms with Crippen molar-refractivity contribution < 1.29 is 5.21 Å². The van der Waals surface area contributed by atoms with Crippen molar-refractivity contribution >= 4 is 5.84 Å². The van der Waals surface area contributed by atoms with Gasteiger partial charge in [-0.3, -0.25) is 0 Å². The van der Waals surface area contributed by atoms with Gasteiger partial charge in [-0.15, -0.1) is 0 Å². The van der Waals surface area contributed by atoms with Crippen LogP contribution in [0.15, 0.2) is 29.4 Å². The summed E-state index contributed by atoms with van der Waals surface area (Å²) in [4.78, 5) is 0. The van der Waals surface area contributed by atoms with Crippen molar-refractivity contribution in [3.05, 3.63) is 35.4 Å². The van der Waals surface area contributed by atoms with E-state index >= 15 is 0 Å². The number of rotatable bonds is 5. The molecule has 0 radical (unpaired) electrons. The van der Waals surface area contributed by atoms with Crippen LogP contribution in [-0.4, -0.2) is 17.6 Å². The third-order valence-electron chi connectivity index (χ3n) is 4.07. The molecular formula is C15H23N3O. The van der Waals surface area contributed by atoms with Gasteiger partial charge in [0.25, 0.3) is 0 Å². The number of hydrogen-bond acceptors (Lipinski definition) is 3. The Bertz CT molecular complexity index is 468. The zero-order valence-electron chi connectivity index (χ0n) is 11.7.